The number of para-hydroxylation sites is 1. The molecular formula is C18H17N3O. The smallest absolute Gasteiger partial charge is 0.142 e. The lowest BCUT2D eigenvalue weighted by molar-refractivity contribution is 0.415. The Labute approximate surface area is 129 Å². The van der Waals surface area contributed by atoms with E-state index in [1.165, 1.54) is 12.8 Å². The Kier molecular flexibility index (Phi) is 3.15. The van der Waals surface area contributed by atoms with E-state index in [-0.39, 0.29) is 0 Å². The third kappa shape index (κ3) is 2.48. The molecule has 0 saturated heterocycles. The molecule has 0 unspecified atom stereocenters. The van der Waals surface area contributed by atoms with Crippen molar-refractivity contribution >= 4 is 22.4 Å². The number of benzene rings is 2. The summed E-state index contributed by atoms with van der Waals surface area (Å²) in [5.74, 6) is 3.20. The van der Waals surface area contributed by atoms with Crippen LogP contribution >= 0.6 is 0 Å². The number of nitrogens with one attached hydrogen (secondary N) is 1. The van der Waals surface area contributed by atoms with Crippen LogP contribution < -0.4 is 10.1 Å². The van der Waals surface area contributed by atoms with Crippen molar-refractivity contribution in [1.29, 1.82) is 0 Å². The zero-order valence-corrected chi connectivity index (χ0v) is 12.4. The number of hydrogen-bond donors (Lipinski definition) is 1. The van der Waals surface area contributed by atoms with E-state index < -0.39 is 0 Å². The van der Waals surface area contributed by atoms with Crippen LogP contribution in [0.25, 0.3) is 10.9 Å². The lowest BCUT2D eigenvalue weighted by Crippen LogP contribution is -2.01. The number of rotatable bonds is 4. The SMILES string of the molecule is COc1ccc(Nc2nc(C3CC3)nc3ccccc23)cc1. The van der Waals surface area contributed by atoms with Gasteiger partial charge in [-0.15, -0.1) is 0 Å². The van der Waals surface area contributed by atoms with Crippen LogP contribution in [0.15, 0.2) is 48.5 Å². The molecule has 1 fully saturated rings. The van der Waals surface area contributed by atoms with Crippen LogP contribution in [-0.4, -0.2) is 17.1 Å². The molecule has 0 aliphatic heterocycles. The predicted octanol–water partition coefficient (Wildman–Crippen LogP) is 4.26. The molecule has 1 aliphatic carbocycles. The lowest BCUT2D eigenvalue weighted by Gasteiger charge is -2.11. The number of fused-ring (bicyclic) bond motifs is 1. The standard InChI is InChI=1S/C18H17N3O/c1-22-14-10-8-13(9-11-14)19-18-15-4-2-3-5-16(15)20-17(21-18)12-6-7-12/h2-5,8-12H,6-7H2,1H3,(H,19,20,21). The molecule has 0 spiro atoms. The maximum Gasteiger partial charge on any atom is 0.142 e. The lowest BCUT2D eigenvalue weighted by atomic mass is 10.2. The molecule has 1 saturated carbocycles. The first kappa shape index (κ1) is 13.1. The van der Waals surface area contributed by atoms with Crippen molar-refractivity contribution in [3.8, 4) is 5.75 Å². The van der Waals surface area contributed by atoms with Crippen LogP contribution in [0.4, 0.5) is 11.5 Å². The van der Waals surface area contributed by atoms with Crippen molar-refractivity contribution in [2.75, 3.05) is 12.4 Å². The van der Waals surface area contributed by atoms with Crippen LogP contribution in [-0.2, 0) is 0 Å². The van der Waals surface area contributed by atoms with Gasteiger partial charge in [0.15, 0.2) is 0 Å². The van der Waals surface area contributed by atoms with Gasteiger partial charge < -0.3 is 10.1 Å². The molecule has 0 bridgehead atoms. The monoisotopic (exact) mass is 291 g/mol. The Morgan fingerprint density at radius 1 is 1.00 bits per heavy atom. The van der Waals surface area contributed by atoms with E-state index in [1.54, 1.807) is 7.11 Å². The second-order valence-corrected chi connectivity index (χ2v) is 5.58. The van der Waals surface area contributed by atoms with E-state index in [0.29, 0.717) is 5.92 Å². The Balaban J connectivity index is 1.75. The molecule has 1 aliphatic rings. The highest BCUT2D eigenvalue weighted by atomic mass is 16.5. The summed E-state index contributed by atoms with van der Waals surface area (Å²) >= 11 is 0. The van der Waals surface area contributed by atoms with Crippen molar-refractivity contribution < 1.29 is 4.74 Å². The molecule has 4 rings (SSSR count). The van der Waals surface area contributed by atoms with Gasteiger partial charge in [-0.3, -0.25) is 0 Å². The average Bonchev–Trinajstić information content (AvgIpc) is 3.40. The predicted molar refractivity (Wildman–Crippen MR) is 87.8 cm³/mol. The number of methoxy groups -OCH3 is 1. The Morgan fingerprint density at radius 3 is 2.50 bits per heavy atom. The largest absolute Gasteiger partial charge is 0.497 e. The summed E-state index contributed by atoms with van der Waals surface area (Å²) in [6, 6.07) is 16.0. The molecule has 0 atom stereocenters. The van der Waals surface area contributed by atoms with E-state index in [1.807, 2.05) is 42.5 Å². The van der Waals surface area contributed by atoms with Crippen LogP contribution in [0.1, 0.15) is 24.6 Å². The van der Waals surface area contributed by atoms with Crippen molar-refractivity contribution in [3.05, 3.63) is 54.4 Å². The summed E-state index contributed by atoms with van der Waals surface area (Å²) in [6.45, 7) is 0. The number of aromatic nitrogens is 2. The third-order valence-electron chi connectivity index (χ3n) is 3.92. The maximum absolute atomic E-state index is 5.20. The minimum atomic E-state index is 0.529. The van der Waals surface area contributed by atoms with Crippen LogP contribution in [0.3, 0.4) is 0 Å². The zero-order valence-electron chi connectivity index (χ0n) is 12.4. The highest BCUT2D eigenvalue weighted by Crippen LogP contribution is 2.39. The van der Waals surface area contributed by atoms with Gasteiger partial charge in [-0.05, 0) is 49.2 Å². The van der Waals surface area contributed by atoms with Gasteiger partial charge in [-0.1, -0.05) is 12.1 Å². The number of anilines is 2. The molecule has 110 valence electrons. The van der Waals surface area contributed by atoms with Crippen molar-refractivity contribution in [1.82, 2.24) is 9.97 Å². The number of nitrogens with zero attached hydrogens (tertiary/aromatic N) is 2. The Morgan fingerprint density at radius 2 is 1.77 bits per heavy atom. The van der Waals surface area contributed by atoms with E-state index in [9.17, 15) is 0 Å². The molecule has 4 nitrogen and oxygen atoms in total. The van der Waals surface area contributed by atoms with E-state index in [0.717, 1.165) is 34.0 Å². The summed E-state index contributed by atoms with van der Waals surface area (Å²) < 4.78 is 5.20. The molecule has 1 aromatic heterocycles. The van der Waals surface area contributed by atoms with Crippen LogP contribution in [0, 0.1) is 0 Å². The van der Waals surface area contributed by atoms with Crippen molar-refractivity contribution in [3.63, 3.8) is 0 Å². The summed E-state index contributed by atoms with van der Waals surface area (Å²) in [5, 5.41) is 4.46. The minimum Gasteiger partial charge on any atom is -0.497 e. The van der Waals surface area contributed by atoms with Gasteiger partial charge >= 0.3 is 0 Å². The van der Waals surface area contributed by atoms with Crippen molar-refractivity contribution in [2.45, 2.75) is 18.8 Å². The Hall–Kier alpha value is -2.62. The van der Waals surface area contributed by atoms with Gasteiger partial charge in [0.2, 0.25) is 0 Å². The fourth-order valence-electron chi connectivity index (χ4n) is 2.53. The molecule has 0 amide bonds. The van der Waals surface area contributed by atoms with Crippen molar-refractivity contribution in [2.24, 2.45) is 0 Å². The highest BCUT2D eigenvalue weighted by Gasteiger charge is 2.27. The second-order valence-electron chi connectivity index (χ2n) is 5.58. The van der Waals surface area contributed by atoms with Gasteiger partial charge in [0.25, 0.3) is 0 Å². The topological polar surface area (TPSA) is 47.0 Å². The van der Waals surface area contributed by atoms with Gasteiger partial charge in [0, 0.05) is 17.0 Å². The molecule has 22 heavy (non-hydrogen) atoms. The summed E-state index contributed by atoms with van der Waals surface area (Å²) in [5.41, 5.74) is 1.99. The van der Waals surface area contributed by atoms with Crippen LogP contribution in [0.2, 0.25) is 0 Å². The normalized spacial score (nSPS) is 14.0. The average molecular weight is 291 g/mol. The zero-order chi connectivity index (χ0) is 14.9. The third-order valence-corrected chi connectivity index (χ3v) is 3.92. The molecule has 4 heteroatoms. The molecule has 3 aromatic rings. The molecule has 0 radical (unpaired) electrons. The van der Waals surface area contributed by atoms with Gasteiger partial charge in [0.1, 0.15) is 17.4 Å². The molecule has 2 aromatic carbocycles. The van der Waals surface area contributed by atoms with E-state index >= 15 is 0 Å². The highest BCUT2D eigenvalue weighted by molar-refractivity contribution is 5.90. The fraction of sp³-hybridized carbons (Fsp3) is 0.222. The minimum absolute atomic E-state index is 0.529. The van der Waals surface area contributed by atoms with E-state index in [4.69, 9.17) is 14.7 Å². The maximum atomic E-state index is 5.20. The number of ether oxygens (including phenoxy) is 1. The quantitative estimate of drug-likeness (QED) is 0.780. The summed E-state index contributed by atoms with van der Waals surface area (Å²) in [4.78, 5) is 9.44. The van der Waals surface area contributed by atoms with Crippen LogP contribution in [0.5, 0.6) is 5.75 Å². The number of hydrogen-bond acceptors (Lipinski definition) is 4. The van der Waals surface area contributed by atoms with E-state index in [2.05, 4.69) is 11.4 Å². The fourth-order valence-corrected chi connectivity index (χ4v) is 2.53. The molecule has 1 heterocycles. The summed E-state index contributed by atoms with van der Waals surface area (Å²) in [6.07, 6.45) is 2.39. The second kappa shape index (κ2) is 5.30. The van der Waals surface area contributed by atoms with Gasteiger partial charge in [0.05, 0.1) is 12.6 Å². The van der Waals surface area contributed by atoms with Gasteiger partial charge in [-0.2, -0.15) is 0 Å². The first-order valence-electron chi connectivity index (χ1n) is 7.51. The first-order valence-corrected chi connectivity index (χ1v) is 7.51. The molecular weight excluding hydrogens is 274 g/mol. The first-order chi connectivity index (χ1) is 10.8. The summed E-state index contributed by atoms with van der Waals surface area (Å²) in [7, 11) is 1.67. The molecule has 1 N–H and O–H groups in total. The Bertz CT molecular complexity index is 810. The van der Waals surface area contributed by atoms with Gasteiger partial charge in [-0.25, -0.2) is 9.97 Å².